The van der Waals surface area contributed by atoms with Crippen molar-refractivity contribution < 1.29 is 50.5 Å². The third-order valence-electron chi connectivity index (χ3n) is 6.83. The molecule has 0 heterocycles. The van der Waals surface area contributed by atoms with Crippen LogP contribution in [0.2, 0.25) is 0 Å². The molecule has 0 saturated heterocycles. The van der Waals surface area contributed by atoms with Crippen molar-refractivity contribution in [3.8, 4) is 0 Å². The fourth-order valence-electron chi connectivity index (χ4n) is 6.04. The van der Waals surface area contributed by atoms with Crippen molar-refractivity contribution in [3.63, 3.8) is 0 Å². The maximum absolute atomic E-state index is 13.2. The molecule has 4 rings (SSSR count). The monoisotopic (exact) mass is 496 g/mol. The average Bonchev–Trinajstić information content (AvgIpc) is 2.66. The van der Waals surface area contributed by atoms with E-state index >= 15 is 0 Å². The zero-order valence-electron chi connectivity index (χ0n) is 19.0. The molecule has 0 radical (unpaired) electrons. The Balaban J connectivity index is 1.48. The molecule has 0 amide bonds. The van der Waals surface area contributed by atoms with Crippen molar-refractivity contribution in [1.29, 1.82) is 0 Å². The highest BCUT2D eigenvalue weighted by atomic mass is 19.4. The van der Waals surface area contributed by atoms with Crippen LogP contribution in [0.4, 0.5) is 22.0 Å². The summed E-state index contributed by atoms with van der Waals surface area (Å²) in [6.07, 6.45) is -5.08. The quantitative estimate of drug-likeness (QED) is 0.141. The summed E-state index contributed by atoms with van der Waals surface area (Å²) in [6.45, 7) is 3.91. The molecule has 4 aliphatic rings. The van der Waals surface area contributed by atoms with Crippen LogP contribution in [0.5, 0.6) is 0 Å². The third-order valence-corrected chi connectivity index (χ3v) is 6.83. The van der Waals surface area contributed by atoms with Gasteiger partial charge in [-0.05, 0) is 57.3 Å². The molecule has 4 fully saturated rings. The van der Waals surface area contributed by atoms with Crippen molar-refractivity contribution in [1.82, 2.24) is 0 Å². The maximum Gasteiger partial charge on any atom is 0.394 e. The van der Waals surface area contributed by atoms with Gasteiger partial charge in [-0.25, -0.2) is 18.4 Å². The van der Waals surface area contributed by atoms with E-state index < -0.39 is 73.5 Å². The predicted octanol–water partition coefficient (Wildman–Crippen LogP) is 4.90. The molecule has 0 aromatic carbocycles. The van der Waals surface area contributed by atoms with Gasteiger partial charge in [-0.2, -0.15) is 13.2 Å². The van der Waals surface area contributed by atoms with E-state index in [1.165, 1.54) is 0 Å². The fraction of sp³-hybridized carbons (Fsp3) is 0.783. The van der Waals surface area contributed by atoms with Crippen LogP contribution in [0.1, 0.15) is 64.7 Å². The molecule has 4 bridgehead atoms. The zero-order valence-corrected chi connectivity index (χ0v) is 19.0. The molecule has 0 spiro atoms. The number of ether oxygens (including phenoxy) is 3. The number of alkyl halides is 5. The Bertz CT molecular complexity index is 822. The summed E-state index contributed by atoms with van der Waals surface area (Å²) in [4.78, 5) is 37.0. The van der Waals surface area contributed by atoms with E-state index in [1.807, 2.05) is 0 Å². The molecular weight excluding hydrogens is 467 g/mol. The van der Waals surface area contributed by atoms with Crippen LogP contribution in [0.15, 0.2) is 12.2 Å². The molecule has 4 aliphatic carbocycles. The minimum absolute atomic E-state index is 0.192. The molecule has 4 saturated carbocycles. The zero-order chi connectivity index (χ0) is 25.4. The molecule has 2 atom stereocenters. The topological polar surface area (TPSA) is 78.9 Å². The first-order chi connectivity index (χ1) is 15.6. The number of esters is 3. The van der Waals surface area contributed by atoms with Crippen molar-refractivity contribution in [2.24, 2.45) is 17.3 Å². The second kappa shape index (κ2) is 9.45. The summed E-state index contributed by atoms with van der Waals surface area (Å²) in [5.74, 6) is -5.63. The molecule has 6 nitrogen and oxygen atoms in total. The lowest BCUT2D eigenvalue weighted by Gasteiger charge is -2.59. The largest absolute Gasteiger partial charge is 0.463 e. The van der Waals surface area contributed by atoms with Crippen LogP contribution in [-0.2, 0) is 28.6 Å². The molecule has 0 aliphatic heterocycles. The molecule has 0 N–H and O–H groups in total. The Morgan fingerprint density at radius 1 is 1.00 bits per heavy atom. The average molecular weight is 496 g/mol. The summed E-state index contributed by atoms with van der Waals surface area (Å²) in [7, 11) is 0. The lowest BCUT2D eigenvalue weighted by atomic mass is 9.48. The van der Waals surface area contributed by atoms with Gasteiger partial charge in [0.2, 0.25) is 0 Å². The summed E-state index contributed by atoms with van der Waals surface area (Å²) < 4.78 is 78.5. The highest BCUT2D eigenvalue weighted by Crippen LogP contribution is 2.63. The van der Waals surface area contributed by atoms with Crippen LogP contribution in [-0.4, -0.2) is 48.8 Å². The van der Waals surface area contributed by atoms with E-state index in [-0.39, 0.29) is 17.4 Å². The molecule has 34 heavy (non-hydrogen) atoms. The number of rotatable bonds is 10. The smallest absolute Gasteiger partial charge is 0.394 e. The van der Waals surface area contributed by atoms with Crippen molar-refractivity contribution in [3.05, 3.63) is 12.2 Å². The Morgan fingerprint density at radius 3 is 2.18 bits per heavy atom. The first kappa shape index (κ1) is 26.4. The predicted molar refractivity (Wildman–Crippen MR) is 108 cm³/mol. The van der Waals surface area contributed by atoms with Crippen LogP contribution in [0.3, 0.4) is 0 Å². The fourth-order valence-corrected chi connectivity index (χ4v) is 6.04. The number of halogens is 5. The van der Waals surface area contributed by atoms with E-state index in [4.69, 9.17) is 14.2 Å². The Kier molecular flexibility index (Phi) is 7.34. The molecule has 0 aromatic rings. The summed E-state index contributed by atoms with van der Waals surface area (Å²) >= 11 is 0. The third kappa shape index (κ3) is 6.47. The van der Waals surface area contributed by atoms with E-state index in [0.717, 1.165) is 6.42 Å². The van der Waals surface area contributed by atoms with Crippen molar-refractivity contribution in [2.75, 3.05) is 13.2 Å². The lowest BCUT2D eigenvalue weighted by molar-refractivity contribution is -0.211. The minimum Gasteiger partial charge on any atom is -0.463 e. The highest BCUT2D eigenvalue weighted by Gasteiger charge is 2.63. The highest BCUT2D eigenvalue weighted by molar-refractivity contribution is 5.87. The Labute approximate surface area is 194 Å². The molecule has 2 unspecified atom stereocenters. The van der Waals surface area contributed by atoms with Crippen LogP contribution < -0.4 is 0 Å². The van der Waals surface area contributed by atoms with E-state index in [9.17, 15) is 36.3 Å². The molecule has 11 heteroatoms. The van der Waals surface area contributed by atoms with Gasteiger partial charge in [0.1, 0.15) is 12.0 Å². The number of carbonyl (C=O) groups is 3. The minimum atomic E-state index is -4.99. The van der Waals surface area contributed by atoms with Gasteiger partial charge in [0.15, 0.2) is 6.61 Å². The van der Waals surface area contributed by atoms with Gasteiger partial charge in [0.05, 0.1) is 12.0 Å². The van der Waals surface area contributed by atoms with Crippen molar-refractivity contribution in [2.45, 2.75) is 82.4 Å². The Morgan fingerprint density at radius 2 is 1.62 bits per heavy atom. The standard InChI is InChI=1S/C23H29F5O6/c1-14(2)18(30)34-21-9-15-6-16(10-21)8-20(7-15,12-21)19(31)33-11-17(29)32-5-3-4-22(24,25)13-23(26,27)28/h15-16H,1,3-13H2,2H3. The number of hydrogen-bond acceptors (Lipinski definition) is 6. The van der Waals surface area contributed by atoms with Gasteiger partial charge >= 0.3 is 24.1 Å². The maximum atomic E-state index is 13.2. The first-order valence-electron chi connectivity index (χ1n) is 11.3. The van der Waals surface area contributed by atoms with Gasteiger partial charge in [-0.3, -0.25) is 4.79 Å². The molecule has 0 aromatic heterocycles. The summed E-state index contributed by atoms with van der Waals surface area (Å²) in [5.41, 5.74) is -1.37. The number of hydrogen-bond donors (Lipinski definition) is 0. The van der Waals surface area contributed by atoms with Gasteiger partial charge in [-0.15, -0.1) is 0 Å². The van der Waals surface area contributed by atoms with Gasteiger partial charge < -0.3 is 14.2 Å². The number of carbonyl (C=O) groups excluding carboxylic acids is 3. The first-order valence-corrected chi connectivity index (χ1v) is 11.3. The van der Waals surface area contributed by atoms with Crippen LogP contribution in [0, 0.1) is 17.3 Å². The van der Waals surface area contributed by atoms with Crippen LogP contribution in [0.25, 0.3) is 0 Å². The van der Waals surface area contributed by atoms with E-state index in [2.05, 4.69) is 6.58 Å². The Hall–Kier alpha value is -2.20. The normalized spacial score (nSPS) is 30.1. The summed E-state index contributed by atoms with van der Waals surface area (Å²) in [5, 5.41) is 0. The SMILES string of the molecule is C=C(C)C(=O)OC12CC3CC(C1)CC(C(=O)OCC(=O)OCCCC(F)(F)CC(F)(F)F)(C3)C2. The lowest BCUT2D eigenvalue weighted by Crippen LogP contribution is -2.60. The van der Waals surface area contributed by atoms with Gasteiger partial charge in [0.25, 0.3) is 5.92 Å². The van der Waals surface area contributed by atoms with E-state index in [0.29, 0.717) is 32.1 Å². The van der Waals surface area contributed by atoms with Crippen LogP contribution >= 0.6 is 0 Å². The van der Waals surface area contributed by atoms with Gasteiger partial charge in [0, 0.05) is 18.4 Å². The van der Waals surface area contributed by atoms with E-state index in [1.54, 1.807) is 6.92 Å². The second-order valence-electron chi connectivity index (χ2n) is 10.1. The van der Waals surface area contributed by atoms with Gasteiger partial charge in [-0.1, -0.05) is 6.58 Å². The van der Waals surface area contributed by atoms with Crippen molar-refractivity contribution >= 4 is 17.9 Å². The molecular formula is C23H29F5O6. The second-order valence-corrected chi connectivity index (χ2v) is 10.1. The molecule has 192 valence electrons. The summed E-state index contributed by atoms with van der Waals surface area (Å²) in [6, 6.07) is 0.